The van der Waals surface area contributed by atoms with Crippen molar-refractivity contribution in [1.29, 1.82) is 0 Å². The Morgan fingerprint density at radius 2 is 2.16 bits per heavy atom. The molecule has 3 aliphatic rings. The Hall–Kier alpha value is -0.900. The van der Waals surface area contributed by atoms with Gasteiger partial charge in [-0.25, -0.2) is 0 Å². The number of hydrogen-bond acceptors (Lipinski definition) is 4. The minimum absolute atomic E-state index is 0.107. The van der Waals surface area contributed by atoms with Crippen LogP contribution in [0.5, 0.6) is 0 Å². The van der Waals surface area contributed by atoms with Gasteiger partial charge < -0.3 is 4.74 Å². The molecular weight excluding hydrogens is 242 g/mol. The second-order valence-electron chi connectivity index (χ2n) is 6.15. The van der Waals surface area contributed by atoms with Crippen LogP contribution < -0.4 is 0 Å². The molecule has 3 rings (SSSR count). The fraction of sp³-hybridized carbons (Fsp3) is 0.867. The predicted molar refractivity (Wildman–Crippen MR) is 70.6 cm³/mol. The van der Waals surface area contributed by atoms with E-state index in [0.717, 1.165) is 25.8 Å². The largest absolute Gasteiger partial charge is 0.465 e. The van der Waals surface area contributed by atoms with Crippen molar-refractivity contribution in [2.75, 3.05) is 19.7 Å². The lowest BCUT2D eigenvalue weighted by atomic mass is 9.98. The maximum Gasteiger partial charge on any atom is 0.321 e. The molecule has 4 heteroatoms. The quantitative estimate of drug-likeness (QED) is 0.400. The van der Waals surface area contributed by atoms with Gasteiger partial charge in [0.1, 0.15) is 5.41 Å². The Labute approximate surface area is 114 Å². The van der Waals surface area contributed by atoms with Gasteiger partial charge in [-0.3, -0.25) is 14.5 Å². The van der Waals surface area contributed by atoms with E-state index in [-0.39, 0.29) is 23.7 Å². The summed E-state index contributed by atoms with van der Waals surface area (Å²) in [5.41, 5.74) is -0.734. The molecule has 4 nitrogen and oxygen atoms in total. The van der Waals surface area contributed by atoms with Gasteiger partial charge in [0, 0.05) is 12.0 Å². The van der Waals surface area contributed by atoms with Crippen molar-refractivity contribution in [3.8, 4) is 0 Å². The lowest BCUT2D eigenvalue weighted by molar-refractivity contribution is -0.154. The van der Waals surface area contributed by atoms with Crippen LogP contribution in [0.2, 0.25) is 0 Å². The third-order valence-electron chi connectivity index (χ3n) is 5.07. The molecule has 2 aliphatic heterocycles. The standard InChI is InChI=1S/C15H23NO3/c1-2-3-4-5-6-9-19-14(18)15-11-7-8-16(13(11)15)10-12(15)17/h11,13H,2-10H2,1H3/t11-,13-,15+/m1/s1. The van der Waals surface area contributed by atoms with Crippen LogP contribution in [0.1, 0.15) is 45.4 Å². The zero-order chi connectivity index (χ0) is 13.5. The first-order valence-electron chi connectivity index (χ1n) is 7.67. The van der Waals surface area contributed by atoms with Gasteiger partial charge in [-0.05, 0) is 19.4 Å². The number of esters is 1. The summed E-state index contributed by atoms with van der Waals surface area (Å²) in [6, 6.07) is 0.188. The van der Waals surface area contributed by atoms with Crippen LogP contribution in [0.3, 0.4) is 0 Å². The maximum absolute atomic E-state index is 12.2. The summed E-state index contributed by atoms with van der Waals surface area (Å²) < 4.78 is 5.39. The molecule has 0 N–H and O–H groups in total. The van der Waals surface area contributed by atoms with Crippen molar-refractivity contribution in [1.82, 2.24) is 4.90 Å². The summed E-state index contributed by atoms with van der Waals surface area (Å²) in [4.78, 5) is 26.5. The Kier molecular flexibility index (Phi) is 3.37. The molecule has 1 aliphatic carbocycles. The van der Waals surface area contributed by atoms with Gasteiger partial charge in [-0.2, -0.15) is 0 Å². The minimum Gasteiger partial charge on any atom is -0.465 e. The van der Waals surface area contributed by atoms with E-state index in [2.05, 4.69) is 11.8 Å². The van der Waals surface area contributed by atoms with Crippen LogP contribution in [0.4, 0.5) is 0 Å². The molecule has 0 spiro atoms. The third-order valence-corrected chi connectivity index (χ3v) is 5.07. The summed E-state index contributed by atoms with van der Waals surface area (Å²) in [5.74, 6) is 0.141. The first-order valence-corrected chi connectivity index (χ1v) is 7.67. The van der Waals surface area contributed by atoms with Crippen molar-refractivity contribution >= 4 is 11.8 Å². The van der Waals surface area contributed by atoms with E-state index < -0.39 is 5.41 Å². The zero-order valence-corrected chi connectivity index (χ0v) is 11.7. The summed E-state index contributed by atoms with van der Waals surface area (Å²) in [5, 5.41) is 0. The van der Waals surface area contributed by atoms with Gasteiger partial charge in [0.05, 0.1) is 13.2 Å². The van der Waals surface area contributed by atoms with Gasteiger partial charge in [0.25, 0.3) is 0 Å². The van der Waals surface area contributed by atoms with E-state index in [1.54, 1.807) is 0 Å². The predicted octanol–water partition coefficient (Wildman–Crippen LogP) is 1.77. The van der Waals surface area contributed by atoms with E-state index in [0.29, 0.717) is 13.2 Å². The second-order valence-corrected chi connectivity index (χ2v) is 6.15. The molecule has 0 aromatic heterocycles. The number of carbonyl (C=O) groups excluding carboxylic acids is 2. The molecule has 0 aromatic rings. The first-order chi connectivity index (χ1) is 9.22. The fourth-order valence-electron chi connectivity index (χ4n) is 4.05. The number of nitrogens with zero attached hydrogens (tertiary/aromatic N) is 1. The van der Waals surface area contributed by atoms with E-state index in [9.17, 15) is 9.59 Å². The Bertz CT molecular complexity index is 395. The number of rotatable bonds is 7. The van der Waals surface area contributed by atoms with Gasteiger partial charge in [-0.1, -0.05) is 32.6 Å². The van der Waals surface area contributed by atoms with E-state index in [1.165, 1.54) is 19.3 Å². The van der Waals surface area contributed by atoms with Crippen LogP contribution in [-0.2, 0) is 14.3 Å². The number of ether oxygens (including phenoxy) is 1. The van der Waals surface area contributed by atoms with Crippen molar-refractivity contribution in [2.45, 2.75) is 51.5 Å². The number of unbranched alkanes of at least 4 members (excludes halogenated alkanes) is 4. The Morgan fingerprint density at radius 1 is 1.37 bits per heavy atom. The molecule has 0 radical (unpaired) electrons. The number of carbonyl (C=O) groups is 2. The molecule has 19 heavy (non-hydrogen) atoms. The van der Waals surface area contributed by atoms with Crippen molar-refractivity contribution in [3.05, 3.63) is 0 Å². The number of ketones is 1. The van der Waals surface area contributed by atoms with Gasteiger partial charge in [0.2, 0.25) is 0 Å². The van der Waals surface area contributed by atoms with E-state index in [1.807, 2.05) is 0 Å². The molecule has 2 saturated heterocycles. The third kappa shape index (κ3) is 1.83. The number of piperidine rings is 2. The highest BCUT2D eigenvalue weighted by molar-refractivity contribution is 6.12. The van der Waals surface area contributed by atoms with Crippen molar-refractivity contribution < 1.29 is 14.3 Å². The normalized spacial score (nSPS) is 35.5. The molecule has 2 heterocycles. The zero-order valence-electron chi connectivity index (χ0n) is 11.7. The summed E-state index contributed by atoms with van der Waals surface area (Å²) in [7, 11) is 0. The lowest BCUT2D eigenvalue weighted by Gasteiger charge is -2.13. The molecule has 106 valence electrons. The molecular formula is C15H23NO3. The van der Waals surface area contributed by atoms with Crippen LogP contribution >= 0.6 is 0 Å². The number of hydrogen-bond donors (Lipinski definition) is 0. The molecule has 3 fully saturated rings. The topological polar surface area (TPSA) is 46.6 Å². The monoisotopic (exact) mass is 265 g/mol. The van der Waals surface area contributed by atoms with Crippen LogP contribution in [0.15, 0.2) is 0 Å². The Balaban J connectivity index is 1.46. The highest BCUT2D eigenvalue weighted by atomic mass is 16.5. The molecule has 0 bridgehead atoms. The van der Waals surface area contributed by atoms with E-state index in [4.69, 9.17) is 4.74 Å². The number of fused-ring (bicyclic) bond motifs is 1. The fourth-order valence-corrected chi connectivity index (χ4v) is 4.05. The smallest absolute Gasteiger partial charge is 0.321 e. The highest BCUT2D eigenvalue weighted by Crippen LogP contribution is 2.66. The molecule has 0 amide bonds. The van der Waals surface area contributed by atoms with Gasteiger partial charge in [0.15, 0.2) is 5.78 Å². The van der Waals surface area contributed by atoms with Gasteiger partial charge >= 0.3 is 5.97 Å². The Morgan fingerprint density at radius 3 is 2.89 bits per heavy atom. The van der Waals surface area contributed by atoms with Crippen molar-refractivity contribution in [3.63, 3.8) is 0 Å². The van der Waals surface area contributed by atoms with Gasteiger partial charge in [-0.15, -0.1) is 0 Å². The molecule has 3 atom stereocenters. The molecule has 1 saturated carbocycles. The minimum atomic E-state index is -0.734. The van der Waals surface area contributed by atoms with E-state index >= 15 is 0 Å². The van der Waals surface area contributed by atoms with Crippen LogP contribution in [0, 0.1) is 11.3 Å². The molecule has 0 aromatic carbocycles. The summed E-state index contributed by atoms with van der Waals surface area (Å²) in [6.07, 6.45) is 6.70. The summed E-state index contributed by atoms with van der Waals surface area (Å²) >= 11 is 0. The second kappa shape index (κ2) is 4.89. The molecule has 0 unspecified atom stereocenters. The maximum atomic E-state index is 12.2. The lowest BCUT2D eigenvalue weighted by Crippen LogP contribution is -2.30. The van der Waals surface area contributed by atoms with Crippen LogP contribution in [0.25, 0.3) is 0 Å². The average Bonchev–Trinajstić information content (AvgIpc) is 2.82. The van der Waals surface area contributed by atoms with Crippen LogP contribution in [-0.4, -0.2) is 42.4 Å². The highest BCUT2D eigenvalue weighted by Gasteiger charge is 2.82. The number of Topliss-reactive ketones (excluding diaryl/α,β-unsaturated/α-hetero) is 1. The van der Waals surface area contributed by atoms with Crippen molar-refractivity contribution in [2.24, 2.45) is 11.3 Å². The summed E-state index contributed by atoms with van der Waals surface area (Å²) in [6.45, 7) is 4.11. The average molecular weight is 265 g/mol. The first kappa shape index (κ1) is 13.1. The SMILES string of the molecule is CCCCCCCOC(=O)[C@]12C(=O)CN3CC[C@@H]1[C@@H]32.